The highest BCUT2D eigenvalue weighted by Crippen LogP contribution is 2.33. The van der Waals surface area contributed by atoms with Crippen LogP contribution in [-0.2, 0) is 15.1 Å². The van der Waals surface area contributed by atoms with E-state index in [2.05, 4.69) is 10.6 Å². The third-order valence-electron chi connectivity index (χ3n) is 3.92. The number of rotatable bonds is 6. The molecule has 0 spiro atoms. The van der Waals surface area contributed by atoms with Crippen LogP contribution < -0.4 is 15.4 Å². The Balaban J connectivity index is 2.45. The largest absolute Gasteiger partial charge is 0.495 e. The highest BCUT2D eigenvalue weighted by molar-refractivity contribution is 5.91. The summed E-state index contributed by atoms with van der Waals surface area (Å²) in [6, 6.07) is 13.3. The SMILES string of the molecule is COc1ccc(C(C)(Nc2ccc(C#N)cc2)C(=O)O)cc1NC(C)=O. The van der Waals surface area contributed by atoms with Gasteiger partial charge in [-0.15, -0.1) is 0 Å². The number of hydrogen-bond acceptors (Lipinski definition) is 5. The molecule has 0 fully saturated rings. The predicted molar refractivity (Wildman–Crippen MR) is 97.1 cm³/mol. The van der Waals surface area contributed by atoms with E-state index in [4.69, 9.17) is 10.00 Å². The van der Waals surface area contributed by atoms with Crippen LogP contribution in [-0.4, -0.2) is 24.1 Å². The van der Waals surface area contributed by atoms with Crippen molar-refractivity contribution in [3.63, 3.8) is 0 Å². The number of methoxy groups -OCH3 is 1. The van der Waals surface area contributed by atoms with Gasteiger partial charge in [-0.05, 0) is 48.9 Å². The Hall–Kier alpha value is -3.53. The van der Waals surface area contributed by atoms with Crippen LogP contribution in [0.1, 0.15) is 25.0 Å². The summed E-state index contributed by atoms with van der Waals surface area (Å²) in [7, 11) is 1.46. The number of carboxylic acid groups (broad SMARTS) is 1. The van der Waals surface area contributed by atoms with Gasteiger partial charge in [0.15, 0.2) is 5.54 Å². The van der Waals surface area contributed by atoms with E-state index in [0.717, 1.165) is 0 Å². The van der Waals surface area contributed by atoms with Crippen molar-refractivity contribution in [1.29, 1.82) is 5.26 Å². The molecule has 0 heterocycles. The zero-order valence-corrected chi connectivity index (χ0v) is 14.7. The van der Waals surface area contributed by atoms with Crippen molar-refractivity contribution in [2.24, 2.45) is 0 Å². The monoisotopic (exact) mass is 353 g/mol. The Morgan fingerprint density at radius 2 is 1.85 bits per heavy atom. The quantitative estimate of drug-likeness (QED) is 0.736. The molecule has 2 aromatic rings. The van der Waals surface area contributed by atoms with E-state index < -0.39 is 11.5 Å². The van der Waals surface area contributed by atoms with Crippen LogP contribution in [0, 0.1) is 11.3 Å². The van der Waals surface area contributed by atoms with Gasteiger partial charge < -0.3 is 20.5 Å². The number of ether oxygens (including phenoxy) is 1. The second-order valence-corrected chi connectivity index (χ2v) is 5.84. The van der Waals surface area contributed by atoms with Crippen molar-refractivity contribution >= 4 is 23.3 Å². The highest BCUT2D eigenvalue weighted by Gasteiger charge is 2.36. The molecule has 1 unspecified atom stereocenters. The second kappa shape index (κ2) is 7.57. The zero-order valence-electron chi connectivity index (χ0n) is 14.7. The number of carboxylic acids is 1. The molecule has 0 bridgehead atoms. The minimum absolute atomic E-state index is 0.294. The predicted octanol–water partition coefficient (Wildman–Crippen LogP) is 2.94. The second-order valence-electron chi connectivity index (χ2n) is 5.84. The average molecular weight is 353 g/mol. The van der Waals surface area contributed by atoms with Crippen molar-refractivity contribution in [1.82, 2.24) is 0 Å². The first-order chi connectivity index (χ1) is 12.3. The van der Waals surface area contributed by atoms with Crippen molar-refractivity contribution < 1.29 is 19.4 Å². The number of carbonyl (C=O) groups excluding carboxylic acids is 1. The van der Waals surface area contributed by atoms with Crippen LogP contribution in [0.4, 0.5) is 11.4 Å². The Kier molecular flexibility index (Phi) is 5.48. The number of hydrogen-bond donors (Lipinski definition) is 3. The number of amides is 1. The van der Waals surface area contributed by atoms with E-state index >= 15 is 0 Å². The smallest absolute Gasteiger partial charge is 0.333 e. The molecule has 7 nitrogen and oxygen atoms in total. The van der Waals surface area contributed by atoms with E-state index in [-0.39, 0.29) is 5.91 Å². The summed E-state index contributed by atoms with van der Waals surface area (Å²) in [4.78, 5) is 23.4. The maximum atomic E-state index is 12.0. The first-order valence-corrected chi connectivity index (χ1v) is 7.78. The minimum atomic E-state index is -1.46. The van der Waals surface area contributed by atoms with Gasteiger partial charge in [-0.1, -0.05) is 6.07 Å². The van der Waals surface area contributed by atoms with E-state index in [9.17, 15) is 14.7 Å². The number of carbonyl (C=O) groups is 2. The lowest BCUT2D eigenvalue weighted by molar-refractivity contribution is -0.142. The highest BCUT2D eigenvalue weighted by atomic mass is 16.5. The topological polar surface area (TPSA) is 111 Å². The zero-order chi connectivity index (χ0) is 19.3. The summed E-state index contributed by atoms with van der Waals surface area (Å²) in [6.07, 6.45) is 0. The van der Waals surface area contributed by atoms with Gasteiger partial charge in [-0.3, -0.25) is 4.79 Å². The lowest BCUT2D eigenvalue weighted by Crippen LogP contribution is -2.40. The van der Waals surface area contributed by atoms with E-state index in [0.29, 0.717) is 28.3 Å². The van der Waals surface area contributed by atoms with Crippen molar-refractivity contribution in [2.45, 2.75) is 19.4 Å². The molecule has 7 heteroatoms. The maximum Gasteiger partial charge on any atom is 0.333 e. The Labute approximate surface area is 151 Å². The van der Waals surface area contributed by atoms with E-state index in [1.165, 1.54) is 21.0 Å². The molecule has 1 amide bonds. The molecule has 1 atom stereocenters. The fourth-order valence-electron chi connectivity index (χ4n) is 2.47. The molecule has 0 saturated carbocycles. The molecular formula is C19H19N3O4. The van der Waals surface area contributed by atoms with Crippen molar-refractivity contribution in [3.05, 3.63) is 53.6 Å². The van der Waals surface area contributed by atoms with Gasteiger partial charge in [0, 0.05) is 12.6 Å². The third kappa shape index (κ3) is 3.92. The molecule has 0 radical (unpaired) electrons. The van der Waals surface area contributed by atoms with Gasteiger partial charge in [0.05, 0.1) is 24.4 Å². The average Bonchev–Trinajstić information content (AvgIpc) is 2.61. The fraction of sp³-hybridized carbons (Fsp3) is 0.211. The molecule has 0 saturated heterocycles. The Morgan fingerprint density at radius 1 is 1.19 bits per heavy atom. The Morgan fingerprint density at radius 3 is 2.35 bits per heavy atom. The maximum absolute atomic E-state index is 12.0. The molecular weight excluding hydrogens is 334 g/mol. The van der Waals surface area contributed by atoms with Crippen LogP contribution in [0.3, 0.4) is 0 Å². The summed E-state index contributed by atoms with van der Waals surface area (Å²) in [5.41, 5.74) is 0.370. The van der Waals surface area contributed by atoms with Crippen LogP contribution in [0.2, 0.25) is 0 Å². The summed E-state index contributed by atoms with van der Waals surface area (Å²) < 4.78 is 5.20. The standard InChI is InChI=1S/C19H19N3O4/c1-12(23)21-16-10-14(6-9-17(16)26-3)19(2,18(24)25)22-15-7-4-13(11-20)5-8-15/h4-10,22H,1-3H3,(H,21,23)(H,24,25). The van der Waals surface area contributed by atoms with Crippen LogP contribution >= 0.6 is 0 Å². The molecule has 2 rings (SSSR count). The van der Waals surface area contributed by atoms with E-state index in [1.54, 1.807) is 42.5 Å². The van der Waals surface area contributed by atoms with Crippen molar-refractivity contribution in [2.75, 3.05) is 17.7 Å². The summed E-state index contributed by atoms with van der Waals surface area (Å²) in [5, 5.41) is 24.3. The van der Waals surface area contributed by atoms with Gasteiger partial charge in [0.25, 0.3) is 0 Å². The number of anilines is 2. The number of nitrogens with one attached hydrogen (secondary N) is 2. The van der Waals surface area contributed by atoms with Crippen LogP contribution in [0.15, 0.2) is 42.5 Å². The minimum Gasteiger partial charge on any atom is -0.495 e. The van der Waals surface area contributed by atoms with E-state index in [1.807, 2.05) is 6.07 Å². The molecule has 3 N–H and O–H groups in total. The molecule has 0 aliphatic rings. The van der Waals surface area contributed by atoms with Gasteiger partial charge in [0.1, 0.15) is 5.75 Å². The van der Waals surface area contributed by atoms with Gasteiger partial charge in [0.2, 0.25) is 5.91 Å². The summed E-state index contributed by atoms with van der Waals surface area (Å²) in [6.45, 7) is 2.88. The molecule has 0 aliphatic heterocycles. The summed E-state index contributed by atoms with van der Waals surface area (Å²) in [5.74, 6) is -0.964. The first-order valence-electron chi connectivity index (χ1n) is 7.78. The normalized spacial score (nSPS) is 12.4. The number of nitrogens with zero attached hydrogens (tertiary/aromatic N) is 1. The van der Waals surface area contributed by atoms with Gasteiger partial charge in [-0.25, -0.2) is 4.79 Å². The molecule has 0 aliphatic carbocycles. The lowest BCUT2D eigenvalue weighted by atomic mass is 9.91. The first kappa shape index (κ1) is 18.8. The Bertz CT molecular complexity index is 871. The number of aliphatic carboxylic acids is 1. The van der Waals surface area contributed by atoms with Crippen LogP contribution in [0.25, 0.3) is 0 Å². The van der Waals surface area contributed by atoms with Gasteiger partial charge >= 0.3 is 5.97 Å². The molecule has 2 aromatic carbocycles. The number of nitriles is 1. The molecule has 0 aromatic heterocycles. The summed E-state index contributed by atoms with van der Waals surface area (Å²) >= 11 is 0. The third-order valence-corrected chi connectivity index (χ3v) is 3.92. The molecule has 134 valence electrons. The van der Waals surface area contributed by atoms with Crippen molar-refractivity contribution in [3.8, 4) is 11.8 Å². The number of benzene rings is 2. The fourth-order valence-corrected chi connectivity index (χ4v) is 2.47. The van der Waals surface area contributed by atoms with Gasteiger partial charge in [-0.2, -0.15) is 5.26 Å². The van der Waals surface area contributed by atoms with Crippen LogP contribution in [0.5, 0.6) is 5.75 Å². The molecule has 26 heavy (non-hydrogen) atoms. The lowest BCUT2D eigenvalue weighted by Gasteiger charge is -2.29.